The van der Waals surface area contributed by atoms with Crippen LogP contribution in [0.5, 0.6) is 5.75 Å². The van der Waals surface area contributed by atoms with E-state index in [1.54, 1.807) is 25.1 Å². The van der Waals surface area contributed by atoms with Gasteiger partial charge in [-0.1, -0.05) is 28.6 Å². The van der Waals surface area contributed by atoms with Crippen molar-refractivity contribution in [2.75, 3.05) is 6.54 Å². The van der Waals surface area contributed by atoms with Crippen LogP contribution in [0.1, 0.15) is 15.9 Å². The van der Waals surface area contributed by atoms with Gasteiger partial charge in [-0.25, -0.2) is 0 Å². The molecule has 0 aromatic heterocycles. The Hall–Kier alpha value is -1.29. The number of rotatable bonds is 3. The maximum atomic E-state index is 11.6. The highest BCUT2D eigenvalue weighted by atomic mass is 79.9. The molecule has 2 N–H and O–H groups in total. The van der Waals surface area contributed by atoms with Crippen molar-refractivity contribution in [3.8, 4) is 5.75 Å². The summed E-state index contributed by atoms with van der Waals surface area (Å²) in [5.41, 5.74) is 1.05. The largest absolute Gasteiger partial charge is 0.508 e. The summed E-state index contributed by atoms with van der Waals surface area (Å²) in [6.45, 7) is 5.68. The fourth-order valence-corrected chi connectivity index (χ4v) is 1.28. The summed E-state index contributed by atoms with van der Waals surface area (Å²) in [4.78, 5) is 11.6. The van der Waals surface area contributed by atoms with Gasteiger partial charge in [0.2, 0.25) is 0 Å². The number of hydrogen-bond donors (Lipinski definition) is 2. The third-order valence-electron chi connectivity index (χ3n) is 1.99. The lowest BCUT2D eigenvalue weighted by molar-refractivity contribution is 0.0956. The number of aromatic hydroxyl groups is 1. The van der Waals surface area contributed by atoms with E-state index in [1.807, 2.05) is 0 Å². The van der Waals surface area contributed by atoms with Gasteiger partial charge in [-0.05, 0) is 19.1 Å². The summed E-state index contributed by atoms with van der Waals surface area (Å²) in [6.07, 6.45) is 0. The zero-order chi connectivity index (χ0) is 11.4. The quantitative estimate of drug-likeness (QED) is 0.885. The average molecular weight is 270 g/mol. The number of benzene rings is 1. The first kappa shape index (κ1) is 11.8. The Kier molecular flexibility index (Phi) is 3.91. The van der Waals surface area contributed by atoms with E-state index in [-0.39, 0.29) is 11.7 Å². The lowest BCUT2D eigenvalue weighted by atomic mass is 10.1. The lowest BCUT2D eigenvalue weighted by Crippen LogP contribution is -2.25. The van der Waals surface area contributed by atoms with Crippen molar-refractivity contribution < 1.29 is 9.90 Å². The Labute approximate surface area is 96.9 Å². The maximum Gasteiger partial charge on any atom is 0.251 e. The number of hydrogen-bond acceptors (Lipinski definition) is 2. The van der Waals surface area contributed by atoms with E-state index in [4.69, 9.17) is 0 Å². The Morgan fingerprint density at radius 3 is 2.87 bits per heavy atom. The molecule has 0 saturated carbocycles. The Balaban J connectivity index is 2.82. The minimum atomic E-state index is -0.219. The molecule has 0 radical (unpaired) electrons. The Bertz CT molecular complexity index is 402. The van der Waals surface area contributed by atoms with Gasteiger partial charge in [0.25, 0.3) is 5.91 Å². The first-order chi connectivity index (χ1) is 7.02. The van der Waals surface area contributed by atoms with Gasteiger partial charge in [0.15, 0.2) is 0 Å². The highest BCUT2D eigenvalue weighted by Crippen LogP contribution is 2.19. The molecule has 0 atom stereocenters. The standard InChI is InChI=1S/C11H12BrNO2/c1-7(12)6-13-11(15)9-4-3-5-10(14)8(9)2/h3-5,14H,1,6H2,2H3,(H,13,15). The number of nitrogens with one attached hydrogen (secondary N) is 1. The predicted molar refractivity (Wildman–Crippen MR) is 63.2 cm³/mol. The molecule has 80 valence electrons. The van der Waals surface area contributed by atoms with Crippen molar-refractivity contribution in [2.45, 2.75) is 6.92 Å². The Morgan fingerprint density at radius 2 is 2.27 bits per heavy atom. The van der Waals surface area contributed by atoms with Crippen molar-refractivity contribution in [1.82, 2.24) is 5.32 Å². The highest BCUT2D eigenvalue weighted by molar-refractivity contribution is 9.11. The van der Waals surface area contributed by atoms with Gasteiger partial charge in [-0.3, -0.25) is 4.79 Å². The average Bonchev–Trinajstić information content (AvgIpc) is 2.18. The number of amides is 1. The molecule has 0 heterocycles. The zero-order valence-electron chi connectivity index (χ0n) is 8.38. The summed E-state index contributed by atoms with van der Waals surface area (Å²) < 4.78 is 0.702. The molecule has 0 aliphatic rings. The fraction of sp³-hybridized carbons (Fsp3) is 0.182. The van der Waals surface area contributed by atoms with Crippen LogP contribution in [0.15, 0.2) is 29.3 Å². The SMILES string of the molecule is C=C(Br)CNC(=O)c1cccc(O)c1C. The van der Waals surface area contributed by atoms with E-state index in [9.17, 15) is 9.90 Å². The molecule has 1 aromatic carbocycles. The summed E-state index contributed by atoms with van der Waals surface area (Å²) >= 11 is 3.15. The van der Waals surface area contributed by atoms with E-state index in [2.05, 4.69) is 27.8 Å². The highest BCUT2D eigenvalue weighted by Gasteiger charge is 2.10. The molecule has 1 amide bonds. The first-order valence-electron chi connectivity index (χ1n) is 4.42. The second-order valence-electron chi connectivity index (χ2n) is 3.15. The molecule has 0 saturated heterocycles. The van der Waals surface area contributed by atoms with Crippen molar-refractivity contribution in [1.29, 1.82) is 0 Å². The van der Waals surface area contributed by atoms with Gasteiger partial charge in [0, 0.05) is 22.2 Å². The molecular weight excluding hydrogens is 258 g/mol. The summed E-state index contributed by atoms with van der Waals surface area (Å²) in [7, 11) is 0. The van der Waals surface area contributed by atoms with Crippen LogP contribution in [-0.2, 0) is 0 Å². The van der Waals surface area contributed by atoms with Crippen LogP contribution in [0.25, 0.3) is 0 Å². The molecule has 0 spiro atoms. The summed E-state index contributed by atoms with van der Waals surface area (Å²) in [5.74, 6) is -0.0932. The van der Waals surface area contributed by atoms with Crippen LogP contribution in [0.3, 0.4) is 0 Å². The second-order valence-corrected chi connectivity index (χ2v) is 4.27. The third kappa shape index (κ3) is 3.09. The monoisotopic (exact) mass is 269 g/mol. The van der Waals surface area contributed by atoms with Gasteiger partial charge in [0.05, 0.1) is 0 Å². The smallest absolute Gasteiger partial charge is 0.251 e. The molecule has 0 unspecified atom stereocenters. The van der Waals surface area contributed by atoms with Crippen molar-refractivity contribution >= 4 is 21.8 Å². The lowest BCUT2D eigenvalue weighted by Gasteiger charge is -2.07. The molecule has 0 aliphatic carbocycles. The number of phenolic OH excluding ortho intramolecular Hbond substituents is 1. The van der Waals surface area contributed by atoms with E-state index in [1.165, 1.54) is 0 Å². The van der Waals surface area contributed by atoms with Crippen molar-refractivity contribution in [3.63, 3.8) is 0 Å². The molecular formula is C11H12BrNO2. The molecule has 3 nitrogen and oxygen atoms in total. The van der Waals surface area contributed by atoms with Crippen LogP contribution < -0.4 is 5.32 Å². The van der Waals surface area contributed by atoms with Gasteiger partial charge >= 0.3 is 0 Å². The summed E-state index contributed by atoms with van der Waals surface area (Å²) in [5, 5.41) is 12.1. The van der Waals surface area contributed by atoms with Gasteiger partial charge < -0.3 is 10.4 Å². The molecule has 0 fully saturated rings. The van der Waals surface area contributed by atoms with Crippen LogP contribution in [0.4, 0.5) is 0 Å². The fourth-order valence-electron chi connectivity index (χ4n) is 1.14. The molecule has 4 heteroatoms. The topological polar surface area (TPSA) is 49.3 Å². The van der Waals surface area contributed by atoms with E-state index >= 15 is 0 Å². The summed E-state index contributed by atoms with van der Waals surface area (Å²) in [6, 6.07) is 4.86. The van der Waals surface area contributed by atoms with E-state index < -0.39 is 0 Å². The number of halogens is 1. The molecule has 1 aromatic rings. The van der Waals surface area contributed by atoms with E-state index in [0.29, 0.717) is 22.2 Å². The second kappa shape index (κ2) is 4.98. The predicted octanol–water partition coefficient (Wildman–Crippen LogP) is 2.34. The minimum Gasteiger partial charge on any atom is -0.508 e. The normalized spacial score (nSPS) is 9.73. The molecule has 15 heavy (non-hydrogen) atoms. The van der Waals surface area contributed by atoms with Crippen LogP contribution in [0, 0.1) is 6.92 Å². The number of phenols is 1. The van der Waals surface area contributed by atoms with Gasteiger partial charge in [-0.15, -0.1) is 0 Å². The van der Waals surface area contributed by atoms with Crippen LogP contribution >= 0.6 is 15.9 Å². The van der Waals surface area contributed by atoms with Gasteiger partial charge in [-0.2, -0.15) is 0 Å². The zero-order valence-corrected chi connectivity index (χ0v) is 9.97. The number of carbonyl (C=O) groups is 1. The van der Waals surface area contributed by atoms with Crippen molar-refractivity contribution in [3.05, 3.63) is 40.4 Å². The minimum absolute atomic E-state index is 0.125. The maximum absolute atomic E-state index is 11.6. The molecule has 0 aliphatic heterocycles. The Morgan fingerprint density at radius 1 is 1.60 bits per heavy atom. The van der Waals surface area contributed by atoms with Crippen LogP contribution in [-0.4, -0.2) is 17.6 Å². The van der Waals surface area contributed by atoms with E-state index in [0.717, 1.165) is 0 Å². The molecule has 1 rings (SSSR count). The first-order valence-corrected chi connectivity index (χ1v) is 5.21. The van der Waals surface area contributed by atoms with Crippen LogP contribution in [0.2, 0.25) is 0 Å². The third-order valence-corrected chi connectivity index (χ3v) is 2.27. The van der Waals surface area contributed by atoms with Gasteiger partial charge in [0.1, 0.15) is 5.75 Å². The number of carbonyl (C=O) groups excluding carboxylic acids is 1. The molecule has 0 bridgehead atoms. The van der Waals surface area contributed by atoms with Crippen molar-refractivity contribution in [2.24, 2.45) is 0 Å².